The Morgan fingerprint density at radius 3 is 2.20 bits per heavy atom. The Balaban J connectivity index is 1.43. The second-order valence-electron chi connectivity index (χ2n) is 8.39. The summed E-state index contributed by atoms with van der Waals surface area (Å²) in [6, 6.07) is 2.05. The zero-order valence-corrected chi connectivity index (χ0v) is 20.2. The highest BCUT2D eigenvalue weighted by Gasteiger charge is 2.14. The molecule has 8 N–H and O–H groups in total. The van der Waals surface area contributed by atoms with E-state index in [4.69, 9.17) is 17.2 Å². The van der Waals surface area contributed by atoms with Gasteiger partial charge in [-0.15, -0.1) is 0 Å². The number of rotatable bonds is 9. The first kappa shape index (κ1) is 23.5. The molecule has 184 valence electrons. The van der Waals surface area contributed by atoms with E-state index in [1.165, 1.54) is 0 Å². The van der Waals surface area contributed by atoms with Crippen LogP contribution in [0.3, 0.4) is 0 Å². The molecule has 0 fully saturated rings. The minimum atomic E-state index is 0.0870. The number of hydrogen-bond acceptors (Lipinski definition) is 12. The van der Waals surface area contributed by atoms with Gasteiger partial charge in [-0.1, -0.05) is 0 Å². The van der Waals surface area contributed by atoms with Crippen LogP contribution in [0.1, 0.15) is 22.4 Å². The Kier molecular flexibility index (Phi) is 6.53. The maximum absolute atomic E-state index is 5.94. The molecule has 0 bridgehead atoms. The second-order valence-corrected chi connectivity index (χ2v) is 8.39. The van der Waals surface area contributed by atoms with Gasteiger partial charge in [0.25, 0.3) is 0 Å². The van der Waals surface area contributed by atoms with Crippen molar-refractivity contribution in [3.63, 3.8) is 0 Å². The van der Waals surface area contributed by atoms with Gasteiger partial charge in [0.1, 0.15) is 0 Å². The SMILES string of the molecule is Cc1cc(CNc2nc(N)nc(N(C)Cn3cc(C)c(CN(C)c4nc(N)nc(N)n4)c3)n2)c[nH]1. The van der Waals surface area contributed by atoms with Crippen LogP contribution in [0.15, 0.2) is 24.7 Å². The van der Waals surface area contributed by atoms with Crippen LogP contribution in [0.25, 0.3) is 0 Å². The minimum absolute atomic E-state index is 0.0870. The maximum Gasteiger partial charge on any atom is 0.233 e. The highest BCUT2D eigenvalue weighted by Crippen LogP contribution is 2.18. The van der Waals surface area contributed by atoms with Crippen molar-refractivity contribution in [2.24, 2.45) is 0 Å². The standard InChI is InChI=1S/C21H30N14/c1-12-8-35(10-15(12)9-33(3)20-29-16(22)27-17(23)30-20)11-34(4)21-31-18(24)28-19(32-21)26-7-14-5-13(2)25-6-14/h5-6,8,10,25H,7,9,11H2,1-4H3,(H4,22,23,27,29,30)(H3,24,26,28,31,32). The molecule has 0 spiro atoms. The molecular formula is C21H30N14. The zero-order chi connectivity index (χ0) is 25.1. The van der Waals surface area contributed by atoms with E-state index in [0.717, 1.165) is 22.4 Å². The van der Waals surface area contributed by atoms with Gasteiger partial charge in [0.05, 0.1) is 6.67 Å². The second kappa shape index (κ2) is 9.70. The fourth-order valence-corrected chi connectivity index (χ4v) is 3.60. The van der Waals surface area contributed by atoms with Crippen LogP contribution in [0.5, 0.6) is 0 Å². The summed E-state index contributed by atoms with van der Waals surface area (Å²) < 4.78 is 2.05. The third-order valence-corrected chi connectivity index (χ3v) is 5.29. The molecular weight excluding hydrogens is 448 g/mol. The highest BCUT2D eigenvalue weighted by atomic mass is 15.3. The van der Waals surface area contributed by atoms with Gasteiger partial charge in [0, 0.05) is 51.5 Å². The molecule has 0 radical (unpaired) electrons. The normalized spacial score (nSPS) is 11.0. The van der Waals surface area contributed by atoms with Crippen molar-refractivity contribution in [2.75, 3.05) is 46.4 Å². The summed E-state index contributed by atoms with van der Waals surface area (Å²) in [5.41, 5.74) is 21.7. The Hall–Kier alpha value is -4.62. The first-order valence-electron chi connectivity index (χ1n) is 10.9. The van der Waals surface area contributed by atoms with E-state index in [1.54, 1.807) is 0 Å². The van der Waals surface area contributed by atoms with Crippen LogP contribution >= 0.6 is 0 Å². The molecule has 0 saturated carbocycles. The molecule has 14 heteroatoms. The van der Waals surface area contributed by atoms with Gasteiger partial charge in [0.2, 0.25) is 35.7 Å². The molecule has 0 saturated heterocycles. The van der Waals surface area contributed by atoms with Gasteiger partial charge < -0.3 is 41.9 Å². The molecule has 0 aliphatic heterocycles. The van der Waals surface area contributed by atoms with Crippen LogP contribution < -0.4 is 32.3 Å². The number of anilines is 6. The first-order chi connectivity index (χ1) is 16.7. The lowest BCUT2D eigenvalue weighted by molar-refractivity contribution is 0.669. The van der Waals surface area contributed by atoms with Gasteiger partial charge >= 0.3 is 0 Å². The van der Waals surface area contributed by atoms with Crippen molar-refractivity contribution in [1.29, 1.82) is 0 Å². The number of aromatic nitrogens is 8. The topological polar surface area (TPSA) is 195 Å². The molecule has 0 aliphatic rings. The van der Waals surface area contributed by atoms with Gasteiger partial charge in [-0.25, -0.2) is 0 Å². The number of aromatic amines is 1. The largest absolute Gasteiger partial charge is 0.368 e. The fraction of sp³-hybridized carbons (Fsp3) is 0.333. The Bertz CT molecular complexity index is 1290. The Morgan fingerprint density at radius 1 is 0.886 bits per heavy atom. The maximum atomic E-state index is 5.94. The van der Waals surface area contributed by atoms with E-state index in [1.807, 2.05) is 60.9 Å². The quantitative estimate of drug-likeness (QED) is 0.228. The summed E-state index contributed by atoms with van der Waals surface area (Å²) in [7, 11) is 3.76. The van der Waals surface area contributed by atoms with Crippen LogP contribution in [-0.2, 0) is 19.8 Å². The van der Waals surface area contributed by atoms with Gasteiger partial charge in [-0.3, -0.25) is 0 Å². The first-order valence-corrected chi connectivity index (χ1v) is 10.9. The molecule has 35 heavy (non-hydrogen) atoms. The molecule has 0 aromatic carbocycles. The number of aryl methyl sites for hydroxylation is 2. The summed E-state index contributed by atoms with van der Waals surface area (Å²) in [6.45, 7) is 5.69. The van der Waals surface area contributed by atoms with Crippen LogP contribution in [0.4, 0.5) is 35.7 Å². The van der Waals surface area contributed by atoms with Crippen LogP contribution in [0, 0.1) is 13.8 Å². The monoisotopic (exact) mass is 478 g/mol. The highest BCUT2D eigenvalue weighted by molar-refractivity contribution is 5.42. The van der Waals surface area contributed by atoms with Crippen molar-refractivity contribution in [1.82, 2.24) is 39.5 Å². The molecule has 0 unspecified atom stereocenters. The van der Waals surface area contributed by atoms with E-state index in [2.05, 4.69) is 46.3 Å². The Morgan fingerprint density at radius 2 is 1.54 bits per heavy atom. The number of H-pyrrole nitrogens is 1. The molecule has 4 heterocycles. The molecule has 0 aliphatic carbocycles. The van der Waals surface area contributed by atoms with Gasteiger partial charge in [-0.2, -0.15) is 29.9 Å². The predicted molar refractivity (Wildman–Crippen MR) is 135 cm³/mol. The average Bonchev–Trinajstić information content (AvgIpc) is 3.35. The molecule has 14 nitrogen and oxygen atoms in total. The van der Waals surface area contributed by atoms with Crippen LogP contribution in [0.2, 0.25) is 0 Å². The van der Waals surface area contributed by atoms with E-state index in [0.29, 0.717) is 37.6 Å². The van der Waals surface area contributed by atoms with Gasteiger partial charge in [-0.05, 0) is 36.6 Å². The van der Waals surface area contributed by atoms with E-state index in [9.17, 15) is 0 Å². The number of hydrogen-bond donors (Lipinski definition) is 5. The fourth-order valence-electron chi connectivity index (χ4n) is 3.60. The molecule has 4 rings (SSSR count). The lowest BCUT2D eigenvalue weighted by Crippen LogP contribution is -2.24. The number of nitrogens with one attached hydrogen (secondary N) is 2. The predicted octanol–water partition coefficient (Wildman–Crippen LogP) is 0.892. The van der Waals surface area contributed by atoms with E-state index in [-0.39, 0.29) is 17.8 Å². The van der Waals surface area contributed by atoms with Crippen molar-refractivity contribution < 1.29 is 0 Å². The zero-order valence-electron chi connectivity index (χ0n) is 20.2. The number of nitrogens with zero attached hydrogens (tertiary/aromatic N) is 9. The lowest BCUT2D eigenvalue weighted by Gasteiger charge is -2.19. The number of nitrogen functional groups attached to an aromatic ring is 3. The summed E-state index contributed by atoms with van der Waals surface area (Å²) in [5.74, 6) is 1.62. The molecule has 0 amide bonds. The molecule has 0 atom stereocenters. The summed E-state index contributed by atoms with van der Waals surface area (Å²) in [6.07, 6.45) is 6.04. The van der Waals surface area contributed by atoms with E-state index < -0.39 is 0 Å². The summed E-state index contributed by atoms with van der Waals surface area (Å²) >= 11 is 0. The van der Waals surface area contributed by atoms with Crippen LogP contribution in [-0.4, -0.2) is 53.6 Å². The summed E-state index contributed by atoms with van der Waals surface area (Å²) in [5, 5.41) is 3.20. The number of nitrogens with two attached hydrogens (primary N) is 3. The van der Waals surface area contributed by atoms with Crippen molar-refractivity contribution in [3.05, 3.63) is 47.0 Å². The third-order valence-electron chi connectivity index (χ3n) is 5.29. The summed E-state index contributed by atoms with van der Waals surface area (Å²) in [4.78, 5) is 32.0. The van der Waals surface area contributed by atoms with Crippen molar-refractivity contribution >= 4 is 35.7 Å². The minimum Gasteiger partial charge on any atom is -0.368 e. The van der Waals surface area contributed by atoms with Crippen molar-refractivity contribution in [2.45, 2.75) is 33.6 Å². The average molecular weight is 479 g/mol. The van der Waals surface area contributed by atoms with Gasteiger partial charge in [0.15, 0.2) is 0 Å². The van der Waals surface area contributed by atoms with E-state index >= 15 is 0 Å². The molecule has 4 aromatic heterocycles. The van der Waals surface area contributed by atoms with Crippen molar-refractivity contribution in [3.8, 4) is 0 Å². The Labute approximate surface area is 202 Å². The smallest absolute Gasteiger partial charge is 0.233 e. The lowest BCUT2D eigenvalue weighted by atomic mass is 10.2. The molecule has 4 aromatic rings. The third kappa shape index (κ3) is 5.85.